The predicted molar refractivity (Wildman–Crippen MR) is 69.7 cm³/mol. The van der Waals surface area contributed by atoms with Crippen LogP contribution in [-0.4, -0.2) is 10.4 Å². The lowest BCUT2D eigenvalue weighted by Crippen LogP contribution is -2.10. The Morgan fingerprint density at radius 3 is 2.95 bits per heavy atom. The number of fused-ring (bicyclic) bond motifs is 1. The number of ketones is 1. The van der Waals surface area contributed by atoms with E-state index in [4.69, 9.17) is 9.68 Å². The van der Waals surface area contributed by atoms with Gasteiger partial charge in [0.25, 0.3) is 0 Å². The molecule has 0 saturated carbocycles. The van der Waals surface area contributed by atoms with E-state index in [1.165, 1.54) is 6.26 Å². The highest BCUT2D eigenvalue weighted by Gasteiger charge is 2.14. The van der Waals surface area contributed by atoms with Crippen LogP contribution < -0.4 is 0 Å². The molecule has 19 heavy (non-hydrogen) atoms. The molecule has 3 rings (SSSR count). The van der Waals surface area contributed by atoms with Crippen LogP contribution in [0.3, 0.4) is 0 Å². The van der Waals surface area contributed by atoms with Crippen molar-refractivity contribution in [2.45, 2.75) is 6.54 Å². The Hall–Kier alpha value is -2.80. The smallest absolute Gasteiger partial charge is 0.186 e. The number of Topliss-reactive ketones (excluding diaryl/α,β-unsaturated/α-hetero) is 1. The quantitative estimate of drug-likeness (QED) is 0.671. The predicted octanol–water partition coefficient (Wildman–Crippen LogP) is 2.99. The van der Waals surface area contributed by atoms with Crippen molar-refractivity contribution in [3.63, 3.8) is 0 Å². The van der Waals surface area contributed by atoms with E-state index in [1.807, 2.05) is 24.3 Å². The van der Waals surface area contributed by atoms with Crippen LogP contribution in [0.5, 0.6) is 0 Å². The summed E-state index contributed by atoms with van der Waals surface area (Å²) in [5, 5.41) is 9.73. The summed E-state index contributed by atoms with van der Waals surface area (Å²) in [5.74, 6) is -0.0716. The average Bonchev–Trinajstić information content (AvgIpc) is 3.04. The van der Waals surface area contributed by atoms with Crippen LogP contribution in [-0.2, 0) is 6.54 Å². The monoisotopic (exact) mass is 250 g/mol. The Bertz CT molecular complexity index is 790. The van der Waals surface area contributed by atoms with Gasteiger partial charge >= 0.3 is 0 Å². The zero-order chi connectivity index (χ0) is 13.2. The van der Waals surface area contributed by atoms with E-state index in [-0.39, 0.29) is 12.3 Å². The van der Waals surface area contributed by atoms with E-state index in [0.29, 0.717) is 16.8 Å². The lowest BCUT2D eigenvalue weighted by atomic mass is 10.1. The number of nitrogens with zero attached hydrogens (tertiary/aromatic N) is 2. The number of carbonyl (C=O) groups is 1. The van der Waals surface area contributed by atoms with Gasteiger partial charge in [-0.1, -0.05) is 18.2 Å². The molecule has 0 N–H and O–H groups in total. The van der Waals surface area contributed by atoms with E-state index < -0.39 is 0 Å². The molecule has 4 heteroatoms. The molecule has 0 aliphatic heterocycles. The molecule has 2 aromatic heterocycles. The number of nitriles is 1. The molecule has 92 valence electrons. The maximum absolute atomic E-state index is 12.3. The highest BCUT2D eigenvalue weighted by atomic mass is 16.3. The maximum Gasteiger partial charge on any atom is 0.186 e. The third-order valence-electron chi connectivity index (χ3n) is 3.04. The van der Waals surface area contributed by atoms with Gasteiger partial charge in [0.2, 0.25) is 0 Å². The number of hydrogen-bond donors (Lipinski definition) is 0. The van der Waals surface area contributed by atoms with Crippen molar-refractivity contribution in [2.24, 2.45) is 0 Å². The van der Waals surface area contributed by atoms with Gasteiger partial charge in [0.1, 0.15) is 23.6 Å². The Morgan fingerprint density at radius 1 is 1.26 bits per heavy atom. The zero-order valence-electron chi connectivity index (χ0n) is 10.0. The molecule has 0 radical (unpaired) electrons. The first-order chi connectivity index (χ1) is 9.29. The van der Waals surface area contributed by atoms with E-state index in [2.05, 4.69) is 6.07 Å². The molecule has 0 saturated heterocycles. The summed E-state index contributed by atoms with van der Waals surface area (Å²) in [6.45, 7) is 0.138. The van der Waals surface area contributed by atoms with E-state index in [0.717, 1.165) is 5.39 Å². The Morgan fingerprint density at radius 2 is 2.11 bits per heavy atom. The average molecular weight is 250 g/mol. The van der Waals surface area contributed by atoms with Crippen LogP contribution in [0.2, 0.25) is 0 Å². The molecule has 4 nitrogen and oxygen atoms in total. The van der Waals surface area contributed by atoms with Gasteiger partial charge in [-0.05, 0) is 18.2 Å². The van der Waals surface area contributed by atoms with Crippen LogP contribution in [0.25, 0.3) is 11.0 Å². The third-order valence-corrected chi connectivity index (χ3v) is 3.04. The normalized spacial score (nSPS) is 10.5. The van der Waals surface area contributed by atoms with Crippen molar-refractivity contribution in [3.05, 3.63) is 60.1 Å². The Kier molecular flexibility index (Phi) is 2.66. The Labute approximate surface area is 109 Å². The van der Waals surface area contributed by atoms with Crippen molar-refractivity contribution >= 4 is 16.8 Å². The molecule has 0 atom stereocenters. The molecule has 0 aliphatic carbocycles. The summed E-state index contributed by atoms with van der Waals surface area (Å²) in [6, 6.07) is 12.9. The molecule has 0 spiro atoms. The second kappa shape index (κ2) is 4.46. The fourth-order valence-electron chi connectivity index (χ4n) is 2.09. The van der Waals surface area contributed by atoms with Gasteiger partial charge < -0.3 is 8.98 Å². The highest BCUT2D eigenvalue weighted by molar-refractivity contribution is 6.06. The van der Waals surface area contributed by atoms with Crippen LogP contribution in [0, 0.1) is 11.3 Å². The largest absolute Gasteiger partial charge is 0.464 e. The number of para-hydroxylation sites is 1. The fraction of sp³-hybridized carbons (Fsp3) is 0.0667. The summed E-state index contributed by atoms with van der Waals surface area (Å²) in [6.07, 6.45) is 3.20. The van der Waals surface area contributed by atoms with Crippen LogP contribution in [0.4, 0.5) is 0 Å². The molecule has 0 aliphatic rings. The maximum atomic E-state index is 12.3. The minimum Gasteiger partial charge on any atom is -0.464 e. The van der Waals surface area contributed by atoms with E-state index in [1.54, 1.807) is 22.9 Å². The van der Waals surface area contributed by atoms with Gasteiger partial charge in [-0.3, -0.25) is 4.79 Å². The molecule has 0 unspecified atom stereocenters. The fourth-order valence-corrected chi connectivity index (χ4v) is 2.09. The van der Waals surface area contributed by atoms with Gasteiger partial charge in [0.15, 0.2) is 5.78 Å². The van der Waals surface area contributed by atoms with Crippen molar-refractivity contribution in [1.82, 2.24) is 4.57 Å². The second-order valence-electron chi connectivity index (χ2n) is 4.20. The standard InChI is InChI=1S/C15H10N2O2/c16-8-11-4-3-7-17(11)9-14(18)13-10-19-15-6-2-1-5-12(13)15/h1-7,10H,9H2. The van der Waals surface area contributed by atoms with Crippen LogP contribution in [0.1, 0.15) is 16.1 Å². The summed E-state index contributed by atoms with van der Waals surface area (Å²) in [5.41, 5.74) is 1.72. The number of furan rings is 1. The van der Waals surface area contributed by atoms with Gasteiger partial charge in [-0.15, -0.1) is 0 Å². The van der Waals surface area contributed by atoms with Crippen molar-refractivity contribution in [3.8, 4) is 6.07 Å². The second-order valence-corrected chi connectivity index (χ2v) is 4.20. The van der Waals surface area contributed by atoms with Crippen molar-refractivity contribution in [1.29, 1.82) is 5.26 Å². The number of rotatable bonds is 3. The number of hydrogen-bond acceptors (Lipinski definition) is 3. The first kappa shape index (κ1) is 11.3. The molecular weight excluding hydrogens is 240 g/mol. The van der Waals surface area contributed by atoms with E-state index >= 15 is 0 Å². The lowest BCUT2D eigenvalue weighted by Gasteiger charge is -2.02. The van der Waals surface area contributed by atoms with Crippen LogP contribution in [0.15, 0.2) is 53.3 Å². The summed E-state index contributed by atoms with van der Waals surface area (Å²) < 4.78 is 6.98. The molecule has 0 bridgehead atoms. The minimum atomic E-state index is -0.0716. The first-order valence-corrected chi connectivity index (χ1v) is 5.84. The van der Waals surface area contributed by atoms with Gasteiger partial charge in [-0.2, -0.15) is 5.26 Å². The number of aromatic nitrogens is 1. The SMILES string of the molecule is N#Cc1cccn1CC(=O)c1coc2ccccc12. The third kappa shape index (κ3) is 1.91. The number of carbonyl (C=O) groups excluding carboxylic acids is 1. The Balaban J connectivity index is 1.95. The first-order valence-electron chi connectivity index (χ1n) is 5.84. The van der Waals surface area contributed by atoms with Crippen molar-refractivity contribution in [2.75, 3.05) is 0 Å². The molecule has 2 heterocycles. The topological polar surface area (TPSA) is 58.9 Å². The summed E-state index contributed by atoms with van der Waals surface area (Å²) >= 11 is 0. The molecule has 0 amide bonds. The van der Waals surface area contributed by atoms with Crippen LogP contribution >= 0.6 is 0 Å². The molecule has 3 aromatic rings. The highest BCUT2D eigenvalue weighted by Crippen LogP contribution is 2.21. The summed E-state index contributed by atoms with van der Waals surface area (Å²) in [7, 11) is 0. The van der Waals surface area contributed by atoms with Gasteiger partial charge in [0, 0.05) is 11.6 Å². The lowest BCUT2D eigenvalue weighted by molar-refractivity contribution is 0.0972. The van der Waals surface area contributed by atoms with Gasteiger partial charge in [0.05, 0.1) is 12.1 Å². The molecule has 1 aromatic carbocycles. The summed E-state index contributed by atoms with van der Waals surface area (Å²) in [4.78, 5) is 12.3. The molecule has 0 fully saturated rings. The van der Waals surface area contributed by atoms with Gasteiger partial charge in [-0.25, -0.2) is 0 Å². The van der Waals surface area contributed by atoms with E-state index in [9.17, 15) is 4.79 Å². The minimum absolute atomic E-state index is 0.0716. The van der Waals surface area contributed by atoms with Crippen molar-refractivity contribution < 1.29 is 9.21 Å². The zero-order valence-corrected chi connectivity index (χ0v) is 10.0. The molecular formula is C15H10N2O2. The number of benzene rings is 1.